The van der Waals surface area contributed by atoms with Gasteiger partial charge in [-0.1, -0.05) is 29.8 Å². The van der Waals surface area contributed by atoms with Gasteiger partial charge in [0.25, 0.3) is 0 Å². The molecule has 0 spiro atoms. The fourth-order valence-corrected chi connectivity index (χ4v) is 3.53. The molecule has 3 rings (SSSR count). The molecule has 1 amide bonds. The number of carboxylic acids is 1. The Bertz CT molecular complexity index is 657. The molecule has 1 aliphatic heterocycles. The maximum Gasteiger partial charge on any atom is 0.348 e. The first kappa shape index (κ1) is 17.5. The monoisotopic (exact) mass is 343 g/mol. The molecule has 0 aromatic heterocycles. The van der Waals surface area contributed by atoms with Crippen molar-refractivity contribution in [3.05, 3.63) is 42.0 Å². The summed E-state index contributed by atoms with van der Waals surface area (Å²) in [6.45, 7) is 2.82. The molecule has 1 unspecified atom stereocenters. The number of amides is 1. The van der Waals surface area contributed by atoms with Gasteiger partial charge in [-0.3, -0.25) is 4.79 Å². The molecular formula is C20H25NO4. The van der Waals surface area contributed by atoms with Crippen LogP contribution < -0.4 is 4.74 Å². The number of aliphatic carboxylic acids is 1. The number of carbonyl (C=O) groups excluding carboxylic acids is 1. The maximum absolute atomic E-state index is 12.4. The summed E-state index contributed by atoms with van der Waals surface area (Å²) in [6.07, 6.45) is 7.46. The molecule has 0 bridgehead atoms. The van der Waals surface area contributed by atoms with E-state index in [2.05, 4.69) is 12.2 Å². The summed E-state index contributed by atoms with van der Waals surface area (Å²) in [7, 11) is 0. The van der Waals surface area contributed by atoms with Crippen molar-refractivity contribution in [1.29, 1.82) is 0 Å². The number of benzene rings is 1. The van der Waals surface area contributed by atoms with Gasteiger partial charge in [0.2, 0.25) is 11.5 Å². The Balaban J connectivity index is 1.61. The second-order valence-corrected chi connectivity index (χ2v) is 7.07. The van der Waals surface area contributed by atoms with E-state index < -0.39 is 11.6 Å². The van der Waals surface area contributed by atoms with Crippen molar-refractivity contribution in [3.8, 4) is 5.75 Å². The molecule has 1 heterocycles. The van der Waals surface area contributed by atoms with Gasteiger partial charge in [0.05, 0.1) is 0 Å². The first-order valence-corrected chi connectivity index (χ1v) is 8.92. The van der Waals surface area contributed by atoms with E-state index in [4.69, 9.17) is 4.74 Å². The number of allylic oxidation sites excluding steroid dienone is 2. The van der Waals surface area contributed by atoms with Crippen LogP contribution in [0.3, 0.4) is 0 Å². The summed E-state index contributed by atoms with van der Waals surface area (Å²) in [6, 6.07) is 7.39. The van der Waals surface area contributed by atoms with Gasteiger partial charge in [-0.2, -0.15) is 0 Å². The summed E-state index contributed by atoms with van der Waals surface area (Å²) in [5.74, 6) is 0.0520. The lowest BCUT2D eigenvalue weighted by Crippen LogP contribution is -2.54. The van der Waals surface area contributed by atoms with Crippen molar-refractivity contribution >= 4 is 11.9 Å². The summed E-state index contributed by atoms with van der Waals surface area (Å²) >= 11 is 0. The molecule has 5 heteroatoms. The van der Waals surface area contributed by atoms with Crippen LogP contribution in [0.15, 0.2) is 36.4 Å². The van der Waals surface area contributed by atoms with Gasteiger partial charge in [0, 0.05) is 32.4 Å². The van der Waals surface area contributed by atoms with Crippen molar-refractivity contribution in [3.63, 3.8) is 0 Å². The highest BCUT2D eigenvalue weighted by molar-refractivity contribution is 5.80. The summed E-state index contributed by atoms with van der Waals surface area (Å²) in [4.78, 5) is 26.1. The Kier molecular flexibility index (Phi) is 5.11. The van der Waals surface area contributed by atoms with Gasteiger partial charge in [-0.05, 0) is 37.8 Å². The Hall–Kier alpha value is -2.30. The zero-order valence-corrected chi connectivity index (χ0v) is 14.6. The standard InChI is InChI=1S/C20H25NO4/c1-15-6-8-17(9-7-15)25-20(19(23)24)10-12-21(13-11-20)18(22)14-16-4-2-3-5-16/h2,4,6-9,16H,3,5,10-14H2,1H3,(H,23,24). The van der Waals surface area contributed by atoms with Crippen LogP contribution in [-0.4, -0.2) is 40.6 Å². The van der Waals surface area contributed by atoms with E-state index in [0.29, 0.717) is 44.0 Å². The predicted octanol–water partition coefficient (Wildman–Crippen LogP) is 3.18. The van der Waals surface area contributed by atoms with E-state index in [0.717, 1.165) is 18.4 Å². The highest BCUT2D eigenvalue weighted by atomic mass is 16.5. The lowest BCUT2D eigenvalue weighted by molar-refractivity contribution is -0.162. The van der Waals surface area contributed by atoms with E-state index in [1.54, 1.807) is 17.0 Å². The molecule has 5 nitrogen and oxygen atoms in total. The lowest BCUT2D eigenvalue weighted by atomic mass is 9.90. The Morgan fingerprint density at radius 2 is 1.92 bits per heavy atom. The van der Waals surface area contributed by atoms with Crippen LogP contribution in [0, 0.1) is 12.8 Å². The number of likely N-dealkylation sites (tertiary alicyclic amines) is 1. The zero-order chi connectivity index (χ0) is 17.9. The van der Waals surface area contributed by atoms with Crippen LogP contribution in [0.25, 0.3) is 0 Å². The normalized spacial score (nSPS) is 22.0. The Morgan fingerprint density at radius 1 is 1.24 bits per heavy atom. The molecule has 1 aromatic carbocycles. The molecule has 1 N–H and O–H groups in total. The van der Waals surface area contributed by atoms with Gasteiger partial charge in [0.15, 0.2) is 0 Å². The molecule has 0 saturated carbocycles. The quantitative estimate of drug-likeness (QED) is 0.834. The molecular weight excluding hydrogens is 318 g/mol. The first-order chi connectivity index (χ1) is 12.0. The van der Waals surface area contributed by atoms with Crippen LogP contribution in [0.2, 0.25) is 0 Å². The van der Waals surface area contributed by atoms with Crippen LogP contribution in [0.1, 0.15) is 37.7 Å². The molecule has 0 radical (unpaired) electrons. The SMILES string of the molecule is Cc1ccc(OC2(C(=O)O)CCN(C(=O)CC3C=CCC3)CC2)cc1. The third-order valence-corrected chi connectivity index (χ3v) is 5.20. The average molecular weight is 343 g/mol. The minimum Gasteiger partial charge on any atom is -0.478 e. The molecule has 1 atom stereocenters. The number of piperidine rings is 1. The fourth-order valence-electron chi connectivity index (χ4n) is 3.53. The second kappa shape index (κ2) is 7.30. The molecule has 1 aromatic rings. The van der Waals surface area contributed by atoms with Gasteiger partial charge in [-0.15, -0.1) is 0 Å². The van der Waals surface area contributed by atoms with Crippen molar-refractivity contribution in [2.45, 2.75) is 44.6 Å². The predicted molar refractivity (Wildman–Crippen MR) is 94.5 cm³/mol. The third-order valence-electron chi connectivity index (χ3n) is 5.20. The number of carboxylic acid groups (broad SMARTS) is 1. The number of hydrogen-bond donors (Lipinski definition) is 1. The summed E-state index contributed by atoms with van der Waals surface area (Å²) in [5, 5.41) is 9.72. The number of ether oxygens (including phenoxy) is 1. The number of hydrogen-bond acceptors (Lipinski definition) is 3. The van der Waals surface area contributed by atoms with Crippen LogP contribution in [-0.2, 0) is 9.59 Å². The number of aryl methyl sites for hydroxylation is 1. The Labute approximate surface area is 148 Å². The van der Waals surface area contributed by atoms with E-state index in [1.807, 2.05) is 19.1 Å². The summed E-state index contributed by atoms with van der Waals surface area (Å²) < 4.78 is 5.87. The fraction of sp³-hybridized carbons (Fsp3) is 0.500. The van der Waals surface area contributed by atoms with Crippen molar-refractivity contribution < 1.29 is 19.4 Å². The van der Waals surface area contributed by atoms with Crippen LogP contribution >= 0.6 is 0 Å². The van der Waals surface area contributed by atoms with E-state index in [1.165, 1.54) is 0 Å². The molecule has 1 aliphatic carbocycles. The van der Waals surface area contributed by atoms with Gasteiger partial charge in [0.1, 0.15) is 5.75 Å². The van der Waals surface area contributed by atoms with Crippen LogP contribution in [0.5, 0.6) is 5.75 Å². The minimum absolute atomic E-state index is 0.117. The zero-order valence-electron chi connectivity index (χ0n) is 14.6. The van der Waals surface area contributed by atoms with Crippen molar-refractivity contribution in [2.24, 2.45) is 5.92 Å². The first-order valence-electron chi connectivity index (χ1n) is 8.92. The molecule has 1 saturated heterocycles. The Morgan fingerprint density at radius 3 is 2.48 bits per heavy atom. The highest BCUT2D eigenvalue weighted by Crippen LogP contribution is 2.30. The minimum atomic E-state index is -1.25. The van der Waals surface area contributed by atoms with Gasteiger partial charge >= 0.3 is 5.97 Å². The van der Waals surface area contributed by atoms with Gasteiger partial charge in [-0.25, -0.2) is 4.79 Å². The van der Waals surface area contributed by atoms with Gasteiger partial charge < -0.3 is 14.7 Å². The number of carbonyl (C=O) groups is 2. The molecule has 2 aliphatic rings. The maximum atomic E-state index is 12.4. The summed E-state index contributed by atoms with van der Waals surface area (Å²) in [5.41, 5.74) is -0.155. The number of nitrogens with zero attached hydrogens (tertiary/aromatic N) is 1. The van der Waals surface area contributed by atoms with E-state index in [-0.39, 0.29) is 5.91 Å². The highest BCUT2D eigenvalue weighted by Gasteiger charge is 2.45. The third kappa shape index (κ3) is 4.03. The smallest absolute Gasteiger partial charge is 0.348 e. The number of rotatable bonds is 5. The topological polar surface area (TPSA) is 66.8 Å². The van der Waals surface area contributed by atoms with Crippen molar-refractivity contribution in [2.75, 3.05) is 13.1 Å². The lowest BCUT2D eigenvalue weighted by Gasteiger charge is -2.39. The molecule has 1 fully saturated rings. The second-order valence-electron chi connectivity index (χ2n) is 7.07. The van der Waals surface area contributed by atoms with Crippen LogP contribution in [0.4, 0.5) is 0 Å². The average Bonchev–Trinajstić information content (AvgIpc) is 3.10. The largest absolute Gasteiger partial charge is 0.478 e. The molecule has 25 heavy (non-hydrogen) atoms. The van der Waals surface area contributed by atoms with Crippen molar-refractivity contribution in [1.82, 2.24) is 4.90 Å². The molecule has 134 valence electrons. The van der Waals surface area contributed by atoms with E-state index in [9.17, 15) is 14.7 Å². The van der Waals surface area contributed by atoms with E-state index >= 15 is 0 Å².